The Bertz CT molecular complexity index is 499. The molecule has 0 aliphatic carbocycles. The Morgan fingerprint density at radius 3 is 2.60 bits per heavy atom. The van der Waals surface area contributed by atoms with Crippen molar-refractivity contribution in [2.24, 2.45) is 0 Å². The Labute approximate surface area is 92.1 Å². The number of nitrogens with two attached hydrogens (primary N) is 1. The fraction of sp³-hybridized carbons (Fsp3) is 0.0909. The molecule has 0 radical (unpaired) electrons. The highest BCUT2D eigenvalue weighted by molar-refractivity contribution is 7.94. The zero-order chi connectivity index (χ0) is 10.8. The Kier molecular flexibility index (Phi) is 2.70. The lowest BCUT2D eigenvalue weighted by Gasteiger charge is -2.08. The van der Waals surface area contributed by atoms with Gasteiger partial charge in [-0.1, -0.05) is 24.3 Å². The van der Waals surface area contributed by atoms with Gasteiger partial charge in [-0.25, -0.2) is 0 Å². The van der Waals surface area contributed by atoms with Crippen molar-refractivity contribution < 1.29 is 9.29 Å². The molecule has 0 atom stereocenters. The summed E-state index contributed by atoms with van der Waals surface area (Å²) in [6, 6.07) is 9.26. The number of fused-ring (bicyclic) bond motifs is 1. The first-order chi connectivity index (χ1) is 7.24. The Hall–Kier alpha value is -1.39. The SMILES string of the molecule is COSc1cc(O)c(N)c2ccccc12. The molecule has 0 saturated carbocycles. The van der Waals surface area contributed by atoms with E-state index in [4.69, 9.17) is 9.92 Å². The number of benzene rings is 2. The molecule has 0 saturated heterocycles. The highest BCUT2D eigenvalue weighted by Crippen LogP contribution is 2.37. The zero-order valence-corrected chi connectivity index (χ0v) is 9.04. The highest BCUT2D eigenvalue weighted by Gasteiger charge is 2.08. The molecular formula is C11H11NO2S. The molecule has 0 heterocycles. The van der Waals surface area contributed by atoms with E-state index in [0.29, 0.717) is 5.69 Å². The molecule has 3 nitrogen and oxygen atoms in total. The van der Waals surface area contributed by atoms with E-state index in [9.17, 15) is 5.11 Å². The number of phenols is 1. The van der Waals surface area contributed by atoms with Gasteiger partial charge in [0.15, 0.2) is 0 Å². The van der Waals surface area contributed by atoms with Gasteiger partial charge in [0.1, 0.15) is 5.75 Å². The van der Waals surface area contributed by atoms with Crippen LogP contribution in [0.15, 0.2) is 35.2 Å². The van der Waals surface area contributed by atoms with Gasteiger partial charge < -0.3 is 15.0 Å². The van der Waals surface area contributed by atoms with Crippen LogP contribution in [0.1, 0.15) is 0 Å². The van der Waals surface area contributed by atoms with E-state index < -0.39 is 0 Å². The normalized spacial score (nSPS) is 10.7. The summed E-state index contributed by atoms with van der Waals surface area (Å²) in [7, 11) is 1.59. The van der Waals surface area contributed by atoms with Crippen LogP contribution in [0.5, 0.6) is 5.75 Å². The average molecular weight is 221 g/mol. The maximum absolute atomic E-state index is 9.63. The summed E-state index contributed by atoms with van der Waals surface area (Å²) in [4.78, 5) is 0.861. The van der Waals surface area contributed by atoms with E-state index in [1.165, 1.54) is 12.0 Å². The third-order valence-electron chi connectivity index (χ3n) is 2.20. The van der Waals surface area contributed by atoms with Gasteiger partial charge in [-0.2, -0.15) is 0 Å². The molecular weight excluding hydrogens is 210 g/mol. The predicted molar refractivity (Wildman–Crippen MR) is 62.9 cm³/mol. The molecule has 0 aliphatic heterocycles. The zero-order valence-electron chi connectivity index (χ0n) is 8.23. The van der Waals surface area contributed by atoms with Crippen LogP contribution in [-0.2, 0) is 4.18 Å². The Morgan fingerprint density at radius 1 is 1.27 bits per heavy atom. The third kappa shape index (κ3) is 1.73. The van der Waals surface area contributed by atoms with Crippen LogP contribution < -0.4 is 5.73 Å². The van der Waals surface area contributed by atoms with Crippen LogP contribution in [0.4, 0.5) is 5.69 Å². The molecule has 2 aromatic carbocycles. The molecule has 2 rings (SSSR count). The molecule has 0 unspecified atom stereocenters. The summed E-state index contributed by atoms with van der Waals surface area (Å²) in [5.41, 5.74) is 6.19. The number of phenolic OH excluding ortho intramolecular Hbond substituents is 1. The van der Waals surface area contributed by atoms with Crippen LogP contribution in [-0.4, -0.2) is 12.2 Å². The second-order valence-electron chi connectivity index (χ2n) is 3.10. The van der Waals surface area contributed by atoms with Gasteiger partial charge in [-0.05, 0) is 11.5 Å². The molecule has 2 aromatic rings. The maximum atomic E-state index is 9.63. The van der Waals surface area contributed by atoms with Gasteiger partial charge in [0.2, 0.25) is 0 Å². The Balaban J connectivity index is 2.76. The lowest BCUT2D eigenvalue weighted by Crippen LogP contribution is -1.89. The van der Waals surface area contributed by atoms with Crippen molar-refractivity contribution in [2.45, 2.75) is 4.90 Å². The lowest BCUT2D eigenvalue weighted by atomic mass is 10.1. The van der Waals surface area contributed by atoms with Crippen molar-refractivity contribution in [2.75, 3.05) is 12.8 Å². The molecule has 3 N–H and O–H groups in total. The van der Waals surface area contributed by atoms with Gasteiger partial charge in [0, 0.05) is 22.3 Å². The second-order valence-corrected chi connectivity index (χ2v) is 4.04. The smallest absolute Gasteiger partial charge is 0.140 e. The van der Waals surface area contributed by atoms with Crippen LogP contribution >= 0.6 is 12.0 Å². The van der Waals surface area contributed by atoms with Crippen LogP contribution in [0.2, 0.25) is 0 Å². The number of hydrogen-bond donors (Lipinski definition) is 2. The molecule has 0 aromatic heterocycles. The van der Waals surface area contributed by atoms with E-state index in [2.05, 4.69) is 0 Å². The van der Waals surface area contributed by atoms with Crippen molar-refractivity contribution in [3.8, 4) is 5.75 Å². The largest absolute Gasteiger partial charge is 0.506 e. The molecule has 0 amide bonds. The first kappa shape index (κ1) is 10.1. The fourth-order valence-electron chi connectivity index (χ4n) is 1.51. The topological polar surface area (TPSA) is 55.5 Å². The molecule has 0 fully saturated rings. The molecule has 15 heavy (non-hydrogen) atoms. The molecule has 78 valence electrons. The number of anilines is 1. The number of rotatable bonds is 2. The van der Waals surface area contributed by atoms with Gasteiger partial charge in [-0.3, -0.25) is 0 Å². The minimum atomic E-state index is 0.0910. The number of aromatic hydroxyl groups is 1. The fourth-order valence-corrected chi connectivity index (χ4v) is 2.12. The van der Waals surface area contributed by atoms with Crippen LogP contribution in [0, 0.1) is 0 Å². The van der Waals surface area contributed by atoms with Crippen molar-refractivity contribution >= 4 is 28.5 Å². The molecule has 0 bridgehead atoms. The van der Waals surface area contributed by atoms with Gasteiger partial charge in [-0.15, -0.1) is 0 Å². The summed E-state index contributed by atoms with van der Waals surface area (Å²) < 4.78 is 5.00. The van der Waals surface area contributed by atoms with Crippen LogP contribution in [0.3, 0.4) is 0 Å². The Morgan fingerprint density at radius 2 is 1.93 bits per heavy atom. The van der Waals surface area contributed by atoms with Crippen molar-refractivity contribution in [3.05, 3.63) is 30.3 Å². The first-order valence-corrected chi connectivity index (χ1v) is 5.19. The van der Waals surface area contributed by atoms with E-state index in [1.54, 1.807) is 13.2 Å². The summed E-state index contributed by atoms with van der Waals surface area (Å²) in [5.74, 6) is 0.0910. The molecule has 0 aliphatic rings. The minimum absolute atomic E-state index is 0.0910. The monoisotopic (exact) mass is 221 g/mol. The van der Waals surface area contributed by atoms with E-state index in [0.717, 1.165) is 15.7 Å². The first-order valence-electron chi connectivity index (χ1n) is 4.45. The summed E-state index contributed by atoms with van der Waals surface area (Å²) in [6.07, 6.45) is 0. The average Bonchev–Trinajstić information content (AvgIpc) is 2.26. The lowest BCUT2D eigenvalue weighted by molar-refractivity contribution is 0.475. The van der Waals surface area contributed by atoms with Crippen LogP contribution in [0.25, 0.3) is 10.8 Å². The number of hydrogen-bond acceptors (Lipinski definition) is 4. The quantitative estimate of drug-likeness (QED) is 0.465. The van der Waals surface area contributed by atoms with Gasteiger partial charge in [0.05, 0.1) is 12.8 Å². The molecule has 4 heteroatoms. The van der Waals surface area contributed by atoms with Crippen molar-refractivity contribution in [1.29, 1.82) is 0 Å². The van der Waals surface area contributed by atoms with E-state index in [-0.39, 0.29) is 5.75 Å². The standard InChI is InChI=1S/C11H11NO2S/c1-14-15-10-6-9(13)11(12)8-5-3-2-4-7(8)10/h2-6,13H,12H2,1H3. The van der Waals surface area contributed by atoms with E-state index in [1.807, 2.05) is 24.3 Å². The third-order valence-corrected chi connectivity index (χ3v) is 2.88. The van der Waals surface area contributed by atoms with Crippen molar-refractivity contribution in [3.63, 3.8) is 0 Å². The van der Waals surface area contributed by atoms with Crippen molar-refractivity contribution in [1.82, 2.24) is 0 Å². The number of nitrogen functional groups attached to an aromatic ring is 1. The minimum Gasteiger partial charge on any atom is -0.506 e. The maximum Gasteiger partial charge on any atom is 0.140 e. The van der Waals surface area contributed by atoms with E-state index >= 15 is 0 Å². The summed E-state index contributed by atoms with van der Waals surface area (Å²) in [5, 5.41) is 11.5. The second kappa shape index (κ2) is 4.00. The highest BCUT2D eigenvalue weighted by atomic mass is 32.2. The summed E-state index contributed by atoms with van der Waals surface area (Å²) in [6.45, 7) is 0. The van der Waals surface area contributed by atoms with Gasteiger partial charge >= 0.3 is 0 Å². The van der Waals surface area contributed by atoms with Gasteiger partial charge in [0.25, 0.3) is 0 Å². The summed E-state index contributed by atoms with van der Waals surface area (Å²) >= 11 is 1.21. The predicted octanol–water partition coefficient (Wildman–Crippen LogP) is 2.78. The molecule has 0 spiro atoms.